The normalized spacial score (nSPS) is 20.2. The standard InChI is InChI=1S/C14H29NO/c1-13(2)15-12-14(10-7-11-16-3)8-5-4-6-9-14/h13,15H,4-12H2,1-3H3. The van der Waals surface area contributed by atoms with Crippen LogP contribution in [0.3, 0.4) is 0 Å². The summed E-state index contributed by atoms with van der Waals surface area (Å²) in [4.78, 5) is 0. The monoisotopic (exact) mass is 227 g/mol. The van der Waals surface area contributed by atoms with Crippen LogP contribution in [0.4, 0.5) is 0 Å². The third-order valence-corrected chi connectivity index (χ3v) is 3.86. The molecule has 1 N–H and O–H groups in total. The predicted molar refractivity (Wildman–Crippen MR) is 69.8 cm³/mol. The van der Waals surface area contributed by atoms with E-state index >= 15 is 0 Å². The molecule has 0 atom stereocenters. The zero-order chi connectivity index (χ0) is 11.9. The summed E-state index contributed by atoms with van der Waals surface area (Å²) in [6.45, 7) is 6.61. The van der Waals surface area contributed by atoms with Crippen molar-refractivity contribution in [3.8, 4) is 0 Å². The molecule has 2 nitrogen and oxygen atoms in total. The molecule has 0 heterocycles. The Morgan fingerprint density at radius 1 is 1.19 bits per heavy atom. The highest BCUT2D eigenvalue weighted by Gasteiger charge is 2.31. The molecule has 0 spiro atoms. The first-order valence-electron chi connectivity index (χ1n) is 6.91. The maximum absolute atomic E-state index is 5.18. The average molecular weight is 227 g/mol. The van der Waals surface area contributed by atoms with Crippen LogP contribution in [-0.2, 0) is 4.74 Å². The quantitative estimate of drug-likeness (QED) is 0.673. The van der Waals surface area contributed by atoms with E-state index in [0.29, 0.717) is 11.5 Å². The van der Waals surface area contributed by atoms with Crippen molar-refractivity contribution in [2.24, 2.45) is 5.41 Å². The van der Waals surface area contributed by atoms with Gasteiger partial charge in [0.05, 0.1) is 0 Å². The number of methoxy groups -OCH3 is 1. The molecule has 0 aliphatic heterocycles. The Kier molecular flexibility index (Phi) is 6.37. The second-order valence-electron chi connectivity index (χ2n) is 5.69. The number of hydrogen-bond acceptors (Lipinski definition) is 2. The Morgan fingerprint density at radius 3 is 2.44 bits per heavy atom. The van der Waals surface area contributed by atoms with Crippen LogP contribution in [0.2, 0.25) is 0 Å². The molecule has 1 rings (SSSR count). The van der Waals surface area contributed by atoms with Crippen LogP contribution in [0.5, 0.6) is 0 Å². The highest BCUT2D eigenvalue weighted by atomic mass is 16.5. The molecular weight excluding hydrogens is 198 g/mol. The highest BCUT2D eigenvalue weighted by molar-refractivity contribution is 4.85. The summed E-state index contributed by atoms with van der Waals surface area (Å²) in [6, 6.07) is 0.612. The average Bonchev–Trinajstić information content (AvgIpc) is 2.28. The Balaban J connectivity index is 2.39. The first kappa shape index (κ1) is 14.0. The van der Waals surface area contributed by atoms with Gasteiger partial charge in [0.1, 0.15) is 0 Å². The van der Waals surface area contributed by atoms with E-state index in [-0.39, 0.29) is 0 Å². The van der Waals surface area contributed by atoms with E-state index in [0.717, 1.165) is 6.61 Å². The molecule has 96 valence electrons. The Labute approximate surface area is 101 Å². The minimum absolute atomic E-state index is 0.570. The third-order valence-electron chi connectivity index (χ3n) is 3.86. The minimum Gasteiger partial charge on any atom is -0.385 e. The van der Waals surface area contributed by atoms with Crippen molar-refractivity contribution in [2.75, 3.05) is 20.3 Å². The summed E-state index contributed by atoms with van der Waals surface area (Å²) in [5.41, 5.74) is 0.570. The fourth-order valence-electron chi connectivity index (χ4n) is 2.83. The van der Waals surface area contributed by atoms with Crippen LogP contribution in [0.1, 0.15) is 58.8 Å². The van der Waals surface area contributed by atoms with Gasteiger partial charge >= 0.3 is 0 Å². The third kappa shape index (κ3) is 4.84. The lowest BCUT2D eigenvalue weighted by Gasteiger charge is -2.38. The molecule has 0 aromatic heterocycles. The van der Waals surface area contributed by atoms with Gasteiger partial charge < -0.3 is 10.1 Å². The van der Waals surface area contributed by atoms with Gasteiger partial charge in [-0.3, -0.25) is 0 Å². The highest BCUT2D eigenvalue weighted by Crippen LogP contribution is 2.39. The van der Waals surface area contributed by atoms with Crippen molar-refractivity contribution in [1.29, 1.82) is 0 Å². The smallest absolute Gasteiger partial charge is 0.0462 e. The summed E-state index contributed by atoms with van der Waals surface area (Å²) in [7, 11) is 1.81. The number of ether oxygens (including phenoxy) is 1. The molecule has 2 heteroatoms. The zero-order valence-electron chi connectivity index (χ0n) is 11.3. The lowest BCUT2D eigenvalue weighted by molar-refractivity contribution is 0.128. The Bertz CT molecular complexity index is 174. The van der Waals surface area contributed by atoms with Crippen LogP contribution in [0.25, 0.3) is 0 Å². The second-order valence-corrected chi connectivity index (χ2v) is 5.69. The molecule has 0 saturated heterocycles. The topological polar surface area (TPSA) is 21.3 Å². The van der Waals surface area contributed by atoms with Gasteiger partial charge in [0, 0.05) is 26.3 Å². The van der Waals surface area contributed by atoms with E-state index in [1.165, 1.54) is 51.5 Å². The molecule has 0 radical (unpaired) electrons. The molecule has 0 aromatic carbocycles. The van der Waals surface area contributed by atoms with E-state index in [1.54, 1.807) is 7.11 Å². The Hall–Kier alpha value is -0.0800. The van der Waals surface area contributed by atoms with E-state index in [4.69, 9.17) is 4.74 Å². The van der Waals surface area contributed by atoms with E-state index < -0.39 is 0 Å². The van der Waals surface area contributed by atoms with Gasteiger partial charge in [-0.05, 0) is 31.1 Å². The van der Waals surface area contributed by atoms with Crippen molar-refractivity contribution in [3.63, 3.8) is 0 Å². The molecule has 1 fully saturated rings. The molecule has 0 bridgehead atoms. The second kappa shape index (κ2) is 7.29. The first-order chi connectivity index (χ1) is 7.68. The van der Waals surface area contributed by atoms with E-state index in [9.17, 15) is 0 Å². The van der Waals surface area contributed by atoms with Gasteiger partial charge in [-0.2, -0.15) is 0 Å². The van der Waals surface area contributed by atoms with Crippen molar-refractivity contribution >= 4 is 0 Å². The van der Waals surface area contributed by atoms with Gasteiger partial charge in [-0.25, -0.2) is 0 Å². The molecule has 0 unspecified atom stereocenters. The van der Waals surface area contributed by atoms with Gasteiger partial charge in [0.15, 0.2) is 0 Å². The SMILES string of the molecule is COCCCC1(CNC(C)C)CCCCC1. The predicted octanol–water partition coefficient (Wildman–Crippen LogP) is 3.36. The lowest BCUT2D eigenvalue weighted by Crippen LogP contribution is -2.39. The van der Waals surface area contributed by atoms with Crippen molar-refractivity contribution in [2.45, 2.75) is 64.8 Å². The van der Waals surface area contributed by atoms with Crippen LogP contribution < -0.4 is 5.32 Å². The maximum Gasteiger partial charge on any atom is 0.0462 e. The summed E-state index contributed by atoms with van der Waals surface area (Å²) < 4.78 is 5.18. The van der Waals surface area contributed by atoms with Crippen LogP contribution in [0.15, 0.2) is 0 Å². The van der Waals surface area contributed by atoms with Crippen molar-refractivity contribution in [3.05, 3.63) is 0 Å². The first-order valence-corrected chi connectivity index (χ1v) is 6.91. The summed E-state index contributed by atoms with van der Waals surface area (Å²) in [6.07, 6.45) is 9.66. The maximum atomic E-state index is 5.18. The number of nitrogens with one attached hydrogen (secondary N) is 1. The van der Waals surface area contributed by atoms with Crippen LogP contribution in [0, 0.1) is 5.41 Å². The summed E-state index contributed by atoms with van der Waals surface area (Å²) >= 11 is 0. The van der Waals surface area contributed by atoms with Crippen LogP contribution in [-0.4, -0.2) is 26.3 Å². The molecule has 16 heavy (non-hydrogen) atoms. The van der Waals surface area contributed by atoms with E-state index in [2.05, 4.69) is 19.2 Å². The van der Waals surface area contributed by atoms with E-state index in [1.807, 2.05) is 0 Å². The zero-order valence-corrected chi connectivity index (χ0v) is 11.3. The number of rotatable bonds is 7. The van der Waals surface area contributed by atoms with Crippen molar-refractivity contribution in [1.82, 2.24) is 5.32 Å². The fraction of sp³-hybridized carbons (Fsp3) is 1.00. The Morgan fingerprint density at radius 2 is 1.88 bits per heavy atom. The molecular formula is C14H29NO. The van der Waals surface area contributed by atoms with Crippen molar-refractivity contribution < 1.29 is 4.74 Å². The molecule has 0 amide bonds. The lowest BCUT2D eigenvalue weighted by atomic mass is 9.71. The van der Waals surface area contributed by atoms with Crippen LogP contribution >= 0.6 is 0 Å². The molecule has 1 aliphatic rings. The summed E-state index contributed by atoms with van der Waals surface area (Å²) in [5.74, 6) is 0. The minimum atomic E-state index is 0.570. The molecule has 1 saturated carbocycles. The number of hydrogen-bond donors (Lipinski definition) is 1. The van der Waals surface area contributed by atoms with Gasteiger partial charge in [-0.1, -0.05) is 33.1 Å². The van der Waals surface area contributed by atoms with Gasteiger partial charge in [0.25, 0.3) is 0 Å². The summed E-state index contributed by atoms with van der Waals surface area (Å²) in [5, 5.41) is 3.64. The molecule has 0 aromatic rings. The fourth-order valence-corrected chi connectivity index (χ4v) is 2.83. The van der Waals surface area contributed by atoms with Gasteiger partial charge in [0.2, 0.25) is 0 Å². The molecule has 1 aliphatic carbocycles. The largest absolute Gasteiger partial charge is 0.385 e. The van der Waals surface area contributed by atoms with Gasteiger partial charge in [-0.15, -0.1) is 0 Å².